The van der Waals surface area contributed by atoms with Gasteiger partial charge in [-0.15, -0.1) is 0 Å². The first-order valence-electron chi connectivity index (χ1n) is 28.1. The maximum atomic E-state index is 5.73. The van der Waals surface area contributed by atoms with Crippen molar-refractivity contribution in [1.82, 2.24) is 15.0 Å². The lowest BCUT2D eigenvalue weighted by Gasteiger charge is -2.33. The van der Waals surface area contributed by atoms with Crippen molar-refractivity contribution in [3.8, 4) is 78.4 Å². The molecule has 0 spiro atoms. The van der Waals surface area contributed by atoms with Crippen LogP contribution in [0, 0.1) is 6.92 Å². The summed E-state index contributed by atoms with van der Waals surface area (Å²) in [6.07, 6.45) is 0. The van der Waals surface area contributed by atoms with E-state index in [1.165, 1.54) is 65.5 Å². The summed E-state index contributed by atoms with van der Waals surface area (Å²) >= 11 is 1.83. The SMILES string of the molecule is Cc1ccc2c(c1)c1ccccc1c1cc3c(cc21)-c1cc2c(cc1C3(C)C)N(c1nc(-c3cc(-c4ccccc4)cc(-c4ccccc4)c3)nc(-c3cc(-c4ccccc4)cc(-c4ccccc4)c3)n1)c1cc3ccccc3cc1S2. The minimum atomic E-state index is -0.343. The van der Waals surface area contributed by atoms with Crippen LogP contribution in [0.15, 0.2) is 271 Å². The monoisotopic (exact) mass is 1060 g/mol. The fraction of sp³-hybridized carbons (Fsp3) is 0.0519. The Hall–Kier alpha value is -9.94. The van der Waals surface area contributed by atoms with E-state index in [9.17, 15) is 0 Å². The molecule has 1 aliphatic heterocycles. The zero-order valence-electron chi connectivity index (χ0n) is 45.5. The number of hydrogen-bond donors (Lipinski definition) is 0. The van der Waals surface area contributed by atoms with Crippen molar-refractivity contribution in [2.24, 2.45) is 0 Å². The molecule has 0 saturated heterocycles. The Kier molecular flexibility index (Phi) is 11.0. The standard InChI is InChI=1S/C77H52N4S/c1-47-32-33-62-63(34-47)60-30-18-19-31-61(60)65-44-68-66(43-64(62)65)67-45-73-71(46-69(67)77(68,2)3)81(70-41-52-28-16-17-29-53(52)42-72(70)82-73)76-79-74(58-37-54(48-20-8-4-9-21-48)35-55(38-58)49-22-10-5-11-23-49)78-75(80-76)59-39-56(50-24-12-6-13-25-50)36-57(40-59)51-26-14-7-15-27-51/h4-46H,1-3H3. The van der Waals surface area contributed by atoms with Gasteiger partial charge in [0.25, 0.3) is 0 Å². The van der Waals surface area contributed by atoms with Crippen molar-refractivity contribution in [3.05, 3.63) is 278 Å². The molecule has 0 unspecified atom stereocenters. The molecule has 0 fully saturated rings. The molecule has 16 rings (SSSR count). The quantitative estimate of drug-likeness (QED) is 0.149. The molecule has 14 aromatic rings. The number of fused-ring (bicyclic) bond motifs is 12. The van der Waals surface area contributed by atoms with Gasteiger partial charge in [-0.25, -0.2) is 4.98 Å². The van der Waals surface area contributed by atoms with Gasteiger partial charge in [0.05, 0.1) is 11.4 Å². The van der Waals surface area contributed by atoms with Gasteiger partial charge in [0.2, 0.25) is 5.95 Å². The highest BCUT2D eigenvalue weighted by molar-refractivity contribution is 7.99. The highest BCUT2D eigenvalue weighted by Gasteiger charge is 2.40. The summed E-state index contributed by atoms with van der Waals surface area (Å²) in [5.74, 6) is 1.71. The van der Waals surface area contributed by atoms with Gasteiger partial charge in [0, 0.05) is 26.3 Å². The lowest BCUT2D eigenvalue weighted by atomic mass is 9.81. The molecule has 0 bridgehead atoms. The van der Waals surface area contributed by atoms with Crippen LogP contribution >= 0.6 is 11.8 Å². The molecule has 2 heterocycles. The van der Waals surface area contributed by atoms with Crippen molar-refractivity contribution in [2.75, 3.05) is 4.90 Å². The van der Waals surface area contributed by atoms with Crippen molar-refractivity contribution in [3.63, 3.8) is 0 Å². The number of aryl methyl sites for hydroxylation is 1. The Morgan fingerprint density at radius 2 is 0.720 bits per heavy atom. The number of hydrogen-bond acceptors (Lipinski definition) is 5. The smallest absolute Gasteiger partial charge is 0.238 e. The molecular formula is C77H52N4S. The van der Waals surface area contributed by atoms with E-state index in [-0.39, 0.29) is 5.41 Å². The van der Waals surface area contributed by atoms with E-state index >= 15 is 0 Å². The minimum absolute atomic E-state index is 0.343. The lowest BCUT2D eigenvalue weighted by Crippen LogP contribution is -2.21. The number of aromatic nitrogens is 3. The lowest BCUT2D eigenvalue weighted by molar-refractivity contribution is 0.660. The number of rotatable bonds is 7. The summed E-state index contributed by atoms with van der Waals surface area (Å²) < 4.78 is 0. The van der Waals surface area contributed by atoms with Crippen LogP contribution < -0.4 is 4.90 Å². The highest BCUT2D eigenvalue weighted by atomic mass is 32.2. The van der Waals surface area contributed by atoms with Gasteiger partial charge in [0.1, 0.15) is 0 Å². The van der Waals surface area contributed by atoms with Crippen molar-refractivity contribution < 1.29 is 0 Å². The first kappa shape index (κ1) is 48.0. The molecule has 0 radical (unpaired) electrons. The molecule has 5 heteroatoms. The average molecular weight is 1070 g/mol. The summed E-state index contributed by atoms with van der Waals surface area (Å²) in [4.78, 5) is 21.7. The molecule has 2 aliphatic rings. The van der Waals surface area contributed by atoms with Crippen LogP contribution in [0.25, 0.3) is 122 Å². The molecule has 82 heavy (non-hydrogen) atoms. The van der Waals surface area contributed by atoms with Crippen LogP contribution in [-0.2, 0) is 5.41 Å². The normalized spacial score (nSPS) is 13.1. The summed E-state index contributed by atoms with van der Waals surface area (Å²) in [5.41, 5.74) is 18.7. The molecule has 0 N–H and O–H groups in total. The third-order valence-electron chi connectivity index (χ3n) is 17.0. The molecule has 1 aromatic heterocycles. The van der Waals surface area contributed by atoms with Gasteiger partial charge in [-0.05, 0) is 190 Å². The van der Waals surface area contributed by atoms with Gasteiger partial charge in [0.15, 0.2) is 11.6 Å². The first-order valence-corrected chi connectivity index (χ1v) is 29.0. The average Bonchev–Trinajstić information content (AvgIpc) is 2.66. The Balaban J connectivity index is 0.966. The van der Waals surface area contributed by atoms with Crippen molar-refractivity contribution in [2.45, 2.75) is 36.0 Å². The molecule has 386 valence electrons. The zero-order valence-corrected chi connectivity index (χ0v) is 46.3. The van der Waals surface area contributed by atoms with Gasteiger partial charge in [-0.1, -0.05) is 219 Å². The summed E-state index contributed by atoms with van der Waals surface area (Å²) in [6, 6.07) is 95.1. The third-order valence-corrected chi connectivity index (χ3v) is 18.1. The molecule has 13 aromatic carbocycles. The number of anilines is 3. The molecule has 1 aliphatic carbocycles. The van der Waals surface area contributed by atoms with Gasteiger partial charge in [-0.2, -0.15) is 9.97 Å². The Bertz CT molecular complexity index is 4660. The summed E-state index contributed by atoms with van der Waals surface area (Å²) in [7, 11) is 0. The Morgan fingerprint density at radius 3 is 1.26 bits per heavy atom. The minimum Gasteiger partial charge on any atom is -0.277 e. The maximum Gasteiger partial charge on any atom is 0.238 e. The van der Waals surface area contributed by atoms with Crippen LogP contribution in [0.5, 0.6) is 0 Å². The second-order valence-electron chi connectivity index (χ2n) is 22.5. The molecule has 0 saturated carbocycles. The van der Waals surface area contributed by atoms with E-state index in [0.29, 0.717) is 17.6 Å². The number of nitrogens with zero attached hydrogens (tertiary/aromatic N) is 4. The number of benzene rings is 13. The van der Waals surface area contributed by atoms with E-state index in [1.54, 1.807) is 0 Å². The van der Waals surface area contributed by atoms with E-state index in [4.69, 9.17) is 15.0 Å². The summed E-state index contributed by atoms with van der Waals surface area (Å²) in [5, 5.41) is 10.0. The molecular weight excluding hydrogens is 1010 g/mol. The highest BCUT2D eigenvalue weighted by Crippen LogP contribution is 2.59. The summed E-state index contributed by atoms with van der Waals surface area (Å²) in [6.45, 7) is 6.99. The van der Waals surface area contributed by atoms with Crippen molar-refractivity contribution >= 4 is 72.2 Å². The predicted molar refractivity (Wildman–Crippen MR) is 344 cm³/mol. The second-order valence-corrected chi connectivity index (χ2v) is 23.6. The third kappa shape index (κ3) is 7.95. The van der Waals surface area contributed by atoms with Crippen LogP contribution in [0.3, 0.4) is 0 Å². The molecule has 0 amide bonds. The van der Waals surface area contributed by atoms with E-state index in [0.717, 1.165) is 82.2 Å². The molecule has 4 nitrogen and oxygen atoms in total. The Labute approximate surface area is 481 Å². The van der Waals surface area contributed by atoms with E-state index in [1.807, 2.05) is 11.8 Å². The fourth-order valence-electron chi connectivity index (χ4n) is 12.9. The van der Waals surface area contributed by atoms with Gasteiger partial charge >= 0.3 is 0 Å². The van der Waals surface area contributed by atoms with Crippen LogP contribution in [0.1, 0.15) is 30.5 Å². The first-order chi connectivity index (χ1) is 40.3. The zero-order chi connectivity index (χ0) is 54.6. The second kappa shape index (κ2) is 18.8. The Morgan fingerprint density at radius 1 is 0.317 bits per heavy atom. The van der Waals surface area contributed by atoms with Gasteiger partial charge < -0.3 is 0 Å². The van der Waals surface area contributed by atoms with Crippen LogP contribution in [0.4, 0.5) is 17.3 Å². The van der Waals surface area contributed by atoms with Gasteiger partial charge in [-0.3, -0.25) is 4.90 Å². The van der Waals surface area contributed by atoms with E-state index in [2.05, 4.69) is 287 Å². The van der Waals surface area contributed by atoms with Crippen LogP contribution in [-0.4, -0.2) is 15.0 Å². The fourth-order valence-corrected chi connectivity index (χ4v) is 14.0. The maximum absolute atomic E-state index is 5.73. The van der Waals surface area contributed by atoms with E-state index < -0.39 is 0 Å². The van der Waals surface area contributed by atoms with Crippen molar-refractivity contribution in [1.29, 1.82) is 0 Å². The largest absolute Gasteiger partial charge is 0.277 e. The predicted octanol–water partition coefficient (Wildman–Crippen LogP) is 21.0. The topological polar surface area (TPSA) is 41.9 Å². The molecule has 0 atom stereocenters. The van der Waals surface area contributed by atoms with Crippen LogP contribution in [0.2, 0.25) is 0 Å².